The van der Waals surface area contributed by atoms with Crippen LogP contribution in [-0.4, -0.2) is 4.57 Å². The van der Waals surface area contributed by atoms with Gasteiger partial charge in [-0.1, -0.05) is 164 Å². The zero-order valence-corrected chi connectivity index (χ0v) is 30.7. The molecule has 0 aliphatic carbocycles. The Morgan fingerprint density at radius 2 is 0.698 bits per heavy atom. The normalized spacial score (nSPS) is 11.9. The Kier molecular flexibility index (Phi) is 8.40. The van der Waals surface area contributed by atoms with Crippen molar-refractivity contribution >= 4 is 67.9 Å². The summed E-state index contributed by atoms with van der Waals surface area (Å²) in [5.74, 6) is 0. The number of benzene rings is 8. The topological polar surface area (TPSA) is 39.1 Å². The molecule has 0 aliphatic heterocycles. The van der Waals surface area contributed by atoms with Crippen LogP contribution in [0, 0.1) is 0 Å². The van der Waals surface area contributed by atoms with E-state index in [-0.39, 0.29) is 0 Å². The van der Waals surface area contributed by atoms with E-state index in [1.807, 2.05) is 133 Å². The second-order valence-electron chi connectivity index (χ2n) is 13.2. The molecule has 254 valence electrons. The van der Waals surface area contributed by atoms with Gasteiger partial charge < -0.3 is 13.7 Å². The largest absolute Gasteiger partial charge is 0.309 e. The maximum absolute atomic E-state index is 16.0. The van der Waals surface area contributed by atoms with Gasteiger partial charge in [0.05, 0.1) is 11.0 Å². The van der Waals surface area contributed by atoms with Crippen molar-refractivity contribution in [2.45, 2.75) is 0 Å². The fourth-order valence-corrected chi connectivity index (χ4v) is 13.1. The number of hydrogen-bond donors (Lipinski definition) is 0. The Labute approximate surface area is 309 Å². The third kappa shape index (κ3) is 5.62. The van der Waals surface area contributed by atoms with E-state index in [1.165, 1.54) is 0 Å². The van der Waals surface area contributed by atoms with E-state index in [1.54, 1.807) is 0 Å². The summed E-state index contributed by atoms with van der Waals surface area (Å²) in [6.07, 6.45) is 0. The predicted octanol–water partition coefficient (Wildman–Crippen LogP) is 9.73. The summed E-state index contributed by atoms with van der Waals surface area (Å²) in [6.45, 7) is 0. The number of fused-ring (bicyclic) bond motifs is 3. The molecule has 0 unspecified atom stereocenters. The molecule has 9 aromatic rings. The van der Waals surface area contributed by atoms with E-state index < -0.39 is 14.3 Å². The van der Waals surface area contributed by atoms with E-state index in [9.17, 15) is 0 Å². The van der Waals surface area contributed by atoms with E-state index in [4.69, 9.17) is 0 Å². The number of rotatable bonds is 8. The van der Waals surface area contributed by atoms with Crippen LogP contribution in [0.15, 0.2) is 212 Å². The summed E-state index contributed by atoms with van der Waals surface area (Å²) < 4.78 is 34.3. The van der Waals surface area contributed by atoms with Crippen LogP contribution < -0.4 is 31.8 Å². The van der Waals surface area contributed by atoms with Crippen LogP contribution in [0.4, 0.5) is 0 Å². The molecule has 8 aromatic carbocycles. The molecule has 1 heterocycles. The van der Waals surface area contributed by atoms with Crippen molar-refractivity contribution in [1.29, 1.82) is 0 Å². The zero-order chi connectivity index (χ0) is 35.8. The van der Waals surface area contributed by atoms with Gasteiger partial charge in [-0.3, -0.25) is 0 Å². The van der Waals surface area contributed by atoms with Crippen LogP contribution in [0.5, 0.6) is 0 Å². The standard InChI is InChI=1S/C48H35NO2P2/c50-52(39-20-8-2-9-21-39,40-22-10-3-11-23-40)43-32-37(33-44(35-43)53(51,41-24-12-4-13-25-41)42-26-14-5-15-27-42)36-30-31-48-46(34-36)45-28-16-17-29-47(45)49(48)38-18-6-1-7-19-38/h1-35H. The number of nitrogens with zero attached hydrogens (tertiary/aromatic N) is 1. The highest BCUT2D eigenvalue weighted by atomic mass is 31.2. The lowest BCUT2D eigenvalue weighted by atomic mass is 10.0. The van der Waals surface area contributed by atoms with Gasteiger partial charge >= 0.3 is 0 Å². The van der Waals surface area contributed by atoms with Crippen molar-refractivity contribution in [2.24, 2.45) is 0 Å². The highest BCUT2D eigenvalue weighted by Gasteiger charge is 2.35. The summed E-state index contributed by atoms with van der Waals surface area (Å²) >= 11 is 0. The van der Waals surface area contributed by atoms with Gasteiger partial charge in [-0.05, 0) is 59.7 Å². The van der Waals surface area contributed by atoms with Crippen molar-refractivity contribution < 1.29 is 9.13 Å². The minimum Gasteiger partial charge on any atom is -0.309 e. The average molecular weight is 720 g/mol. The predicted molar refractivity (Wildman–Crippen MR) is 225 cm³/mol. The molecule has 0 aliphatic rings. The molecule has 0 bridgehead atoms. The zero-order valence-electron chi connectivity index (χ0n) is 28.9. The molecule has 9 rings (SSSR count). The van der Waals surface area contributed by atoms with Crippen LogP contribution in [-0.2, 0) is 9.13 Å². The fraction of sp³-hybridized carbons (Fsp3) is 0. The molecule has 0 amide bonds. The van der Waals surface area contributed by atoms with Crippen LogP contribution >= 0.6 is 14.3 Å². The van der Waals surface area contributed by atoms with Crippen molar-refractivity contribution in [2.75, 3.05) is 0 Å². The molecule has 0 radical (unpaired) electrons. The smallest absolute Gasteiger partial charge is 0.171 e. The first-order chi connectivity index (χ1) is 26.0. The van der Waals surface area contributed by atoms with Crippen molar-refractivity contribution in [3.05, 3.63) is 212 Å². The lowest BCUT2D eigenvalue weighted by molar-refractivity contribution is 0.592. The summed E-state index contributed by atoms with van der Waals surface area (Å²) in [6, 6.07) is 70.3. The summed E-state index contributed by atoms with van der Waals surface area (Å²) in [4.78, 5) is 0. The molecule has 0 atom stereocenters. The third-order valence-electron chi connectivity index (χ3n) is 10.1. The van der Waals surface area contributed by atoms with Gasteiger partial charge in [0.2, 0.25) is 0 Å². The first-order valence-electron chi connectivity index (χ1n) is 17.7. The van der Waals surface area contributed by atoms with Crippen LogP contribution in [0.2, 0.25) is 0 Å². The number of aromatic nitrogens is 1. The molecule has 53 heavy (non-hydrogen) atoms. The van der Waals surface area contributed by atoms with E-state index in [2.05, 4.69) is 83.4 Å². The van der Waals surface area contributed by atoms with Crippen molar-refractivity contribution in [1.82, 2.24) is 4.57 Å². The minimum atomic E-state index is -3.45. The maximum Gasteiger partial charge on any atom is 0.171 e. The van der Waals surface area contributed by atoms with Gasteiger partial charge in [0.25, 0.3) is 0 Å². The van der Waals surface area contributed by atoms with Gasteiger partial charge in [0, 0.05) is 48.3 Å². The lowest BCUT2D eigenvalue weighted by Gasteiger charge is -2.25. The van der Waals surface area contributed by atoms with E-state index in [0.29, 0.717) is 10.6 Å². The summed E-state index contributed by atoms with van der Waals surface area (Å²) in [5.41, 5.74) is 5.12. The van der Waals surface area contributed by atoms with Gasteiger partial charge in [-0.25, -0.2) is 0 Å². The molecule has 0 saturated carbocycles. The summed E-state index contributed by atoms with van der Waals surface area (Å²) in [7, 11) is -6.90. The van der Waals surface area contributed by atoms with Gasteiger partial charge in [0.1, 0.15) is 0 Å². The molecule has 5 heteroatoms. The molecule has 0 fully saturated rings. The Hall–Kier alpha value is -5.98. The molecule has 3 nitrogen and oxygen atoms in total. The molecule has 0 spiro atoms. The summed E-state index contributed by atoms with van der Waals surface area (Å²) in [5, 5.41) is 6.44. The second-order valence-corrected chi connectivity index (χ2v) is 18.8. The highest BCUT2D eigenvalue weighted by Crippen LogP contribution is 2.47. The Bertz CT molecular complexity index is 2620. The first kappa shape index (κ1) is 32.9. The maximum atomic E-state index is 16.0. The second kappa shape index (κ2) is 13.5. The lowest BCUT2D eigenvalue weighted by Crippen LogP contribution is -2.30. The van der Waals surface area contributed by atoms with Crippen LogP contribution in [0.25, 0.3) is 38.6 Å². The van der Waals surface area contributed by atoms with E-state index >= 15 is 9.13 Å². The number of para-hydroxylation sites is 2. The van der Waals surface area contributed by atoms with Gasteiger partial charge in [-0.15, -0.1) is 0 Å². The highest BCUT2D eigenvalue weighted by molar-refractivity contribution is 7.86. The van der Waals surface area contributed by atoms with E-state index in [0.717, 1.165) is 59.8 Å². The van der Waals surface area contributed by atoms with Gasteiger partial charge in [0.15, 0.2) is 14.3 Å². The molecular formula is C48H35NO2P2. The Balaban J connectivity index is 1.36. The SMILES string of the molecule is O=P(c1ccccc1)(c1ccccc1)c1cc(-c2ccc3c(c2)c2ccccc2n3-c2ccccc2)cc(P(=O)(c2ccccc2)c2ccccc2)c1. The van der Waals surface area contributed by atoms with Crippen molar-refractivity contribution in [3.63, 3.8) is 0 Å². The third-order valence-corrected chi connectivity index (χ3v) is 16.2. The van der Waals surface area contributed by atoms with Crippen LogP contribution in [0.3, 0.4) is 0 Å². The molecule has 1 aromatic heterocycles. The monoisotopic (exact) mass is 719 g/mol. The Morgan fingerprint density at radius 3 is 1.17 bits per heavy atom. The quantitative estimate of drug-likeness (QED) is 0.147. The average Bonchev–Trinajstić information content (AvgIpc) is 3.58. The van der Waals surface area contributed by atoms with Crippen LogP contribution in [0.1, 0.15) is 0 Å². The molecular weight excluding hydrogens is 684 g/mol. The fourth-order valence-electron chi connectivity index (χ4n) is 7.58. The Morgan fingerprint density at radius 1 is 0.302 bits per heavy atom. The van der Waals surface area contributed by atoms with Gasteiger partial charge in [-0.2, -0.15) is 0 Å². The number of hydrogen-bond acceptors (Lipinski definition) is 2. The van der Waals surface area contributed by atoms with Crippen molar-refractivity contribution in [3.8, 4) is 16.8 Å². The molecule has 0 N–H and O–H groups in total. The first-order valence-corrected chi connectivity index (χ1v) is 21.1. The minimum absolute atomic E-state index is 0.640. The molecule has 0 saturated heterocycles.